The highest BCUT2D eigenvalue weighted by molar-refractivity contribution is 5.85. The van der Waals surface area contributed by atoms with Crippen molar-refractivity contribution >= 4 is 5.91 Å². The second-order valence-corrected chi connectivity index (χ2v) is 7.01. The van der Waals surface area contributed by atoms with Gasteiger partial charge in [0.1, 0.15) is 0 Å². The van der Waals surface area contributed by atoms with Crippen LogP contribution in [0.5, 0.6) is 0 Å². The highest BCUT2D eigenvalue weighted by Gasteiger charge is 2.95. The van der Waals surface area contributed by atoms with Crippen LogP contribution in [0.15, 0.2) is 0 Å². The molecule has 0 unspecified atom stereocenters. The predicted octanol–water partition coefficient (Wildman–Crippen LogP) is 4.88. The Kier molecular flexibility index (Phi) is 7.47. The van der Waals surface area contributed by atoms with E-state index in [1.165, 1.54) is 0 Å². The molecule has 0 aromatic rings. The molecule has 2 N–H and O–H groups in total. The zero-order valence-electron chi connectivity index (χ0n) is 15.5. The van der Waals surface area contributed by atoms with Gasteiger partial charge in [0, 0.05) is 0 Å². The number of hydrogen-bond donors (Lipinski definition) is 2. The van der Waals surface area contributed by atoms with Crippen molar-refractivity contribution in [2.75, 3.05) is 6.61 Å². The Morgan fingerprint density at radius 3 is 1.12 bits per heavy atom. The Hall–Kier alpha value is -1.76. The van der Waals surface area contributed by atoms with Gasteiger partial charge in [-0.25, -0.2) is 0 Å². The molecule has 198 valence electrons. The molecule has 0 atom stereocenters. The largest absolute Gasteiger partial charge is 0.460 e. The smallest absolute Gasteiger partial charge is 0.394 e. The van der Waals surface area contributed by atoms with E-state index in [-0.39, 0.29) is 0 Å². The molecule has 0 aromatic carbocycles. The molecule has 0 fully saturated rings. The minimum absolute atomic E-state index is 0.541. The summed E-state index contributed by atoms with van der Waals surface area (Å²) in [5.74, 6) is -61.9. The van der Waals surface area contributed by atoms with E-state index in [4.69, 9.17) is 5.11 Å². The molecule has 0 spiro atoms. The molecule has 0 aliphatic rings. The topological polar surface area (TPSA) is 49.3 Å². The lowest BCUT2D eigenvalue weighted by atomic mass is 9.88. The van der Waals surface area contributed by atoms with Crippen LogP contribution in [0.3, 0.4) is 0 Å². The maximum Gasteiger partial charge on any atom is 0.460 e. The van der Waals surface area contributed by atoms with E-state index in [0.717, 1.165) is 0 Å². The third kappa shape index (κ3) is 4.26. The molecule has 0 heterocycles. The van der Waals surface area contributed by atoms with Crippen LogP contribution in [0.1, 0.15) is 13.8 Å². The summed E-state index contributed by atoms with van der Waals surface area (Å²) in [6.45, 7) is -0.330. The van der Waals surface area contributed by atoms with E-state index in [2.05, 4.69) is 0 Å². The monoisotopic (exact) mass is 535 g/mol. The van der Waals surface area contributed by atoms with E-state index < -0.39 is 65.7 Å². The summed E-state index contributed by atoms with van der Waals surface area (Å²) >= 11 is 0. The summed E-state index contributed by atoms with van der Waals surface area (Å²) in [4.78, 5) is 11.2. The summed E-state index contributed by atoms with van der Waals surface area (Å²) in [6.07, 6.45) is -7.84. The molecule has 0 bridgehead atoms. The Bertz CT molecular complexity index is 740. The van der Waals surface area contributed by atoms with Crippen molar-refractivity contribution in [2.45, 2.75) is 67.0 Å². The number of amides is 1. The van der Waals surface area contributed by atoms with Crippen LogP contribution in [-0.4, -0.2) is 70.8 Å². The number of carbonyl (C=O) groups is 1. The molecule has 0 aromatic heterocycles. The van der Waals surface area contributed by atoms with E-state index >= 15 is 0 Å². The van der Waals surface area contributed by atoms with Crippen LogP contribution in [0.25, 0.3) is 0 Å². The highest BCUT2D eigenvalue weighted by Crippen LogP contribution is 2.63. The lowest BCUT2D eigenvalue weighted by Crippen LogP contribution is -2.75. The van der Waals surface area contributed by atoms with E-state index in [1.807, 2.05) is 0 Å². The molecule has 0 radical (unpaired) electrons. The molecule has 20 heteroatoms. The Morgan fingerprint density at radius 2 is 0.848 bits per heavy atom. The van der Waals surface area contributed by atoms with Gasteiger partial charge in [0.05, 0.1) is 12.1 Å². The summed E-state index contributed by atoms with van der Waals surface area (Å²) in [7, 11) is 0. The number of aliphatic hydroxyl groups excluding tert-OH is 1. The normalized spacial score (nSPS) is 16.1. The molecule has 0 aliphatic heterocycles. The molecule has 3 nitrogen and oxygen atoms in total. The minimum Gasteiger partial charge on any atom is -0.394 e. The average molecular weight is 535 g/mol. The SMILES string of the molecule is CC(C)(CO)NC(=O)C(F)(F)C(F)(F)C(F)(F)C(F)(F)C(F)(F)C(F)(F)C(F)(F)C(F)(F)F. The van der Waals surface area contributed by atoms with Crippen LogP contribution < -0.4 is 5.32 Å². The lowest BCUT2D eigenvalue weighted by Gasteiger charge is -2.42. The summed E-state index contributed by atoms with van der Waals surface area (Å²) < 4.78 is 222. The van der Waals surface area contributed by atoms with Gasteiger partial charge in [0.25, 0.3) is 5.91 Å². The van der Waals surface area contributed by atoms with Crippen molar-refractivity contribution in [1.82, 2.24) is 5.32 Å². The molecule has 0 saturated carbocycles. The lowest BCUT2D eigenvalue weighted by molar-refractivity contribution is -0.459. The fourth-order valence-corrected chi connectivity index (χ4v) is 1.73. The summed E-state index contributed by atoms with van der Waals surface area (Å²) in [6, 6.07) is 0. The molecular formula is C13H10F17NO2. The van der Waals surface area contributed by atoms with Crippen molar-refractivity contribution in [1.29, 1.82) is 0 Å². The van der Waals surface area contributed by atoms with E-state index in [9.17, 15) is 79.4 Å². The molecular weight excluding hydrogens is 525 g/mol. The number of nitrogens with one attached hydrogen (secondary N) is 1. The third-order valence-corrected chi connectivity index (χ3v) is 3.85. The van der Waals surface area contributed by atoms with Crippen LogP contribution in [0.4, 0.5) is 74.6 Å². The molecule has 0 saturated heterocycles. The zero-order valence-corrected chi connectivity index (χ0v) is 15.5. The predicted molar refractivity (Wildman–Crippen MR) is 70.0 cm³/mol. The minimum atomic E-state index is -8.76. The Balaban J connectivity index is 6.74. The fourth-order valence-electron chi connectivity index (χ4n) is 1.73. The van der Waals surface area contributed by atoms with Crippen molar-refractivity contribution in [3.8, 4) is 0 Å². The standard InChI is InChI=1S/C13H10F17NO2/c1-5(2,3-32)31-4(33)6(14,15)7(16,17)8(18,19)9(20,21)10(22,23)11(24,25)12(26,27)13(28,29)30/h32H,3H2,1-2H3,(H,31,33). The second-order valence-electron chi connectivity index (χ2n) is 7.01. The first-order chi connectivity index (χ1) is 13.9. The van der Waals surface area contributed by atoms with Crippen LogP contribution >= 0.6 is 0 Å². The van der Waals surface area contributed by atoms with Gasteiger partial charge < -0.3 is 10.4 Å². The maximum absolute atomic E-state index is 13.6. The average Bonchev–Trinajstić information content (AvgIpc) is 2.59. The number of hydrogen-bond acceptors (Lipinski definition) is 2. The number of rotatable bonds is 9. The van der Waals surface area contributed by atoms with Gasteiger partial charge >= 0.3 is 47.6 Å². The van der Waals surface area contributed by atoms with Crippen molar-refractivity contribution in [3.05, 3.63) is 0 Å². The van der Waals surface area contributed by atoms with E-state index in [1.54, 1.807) is 0 Å². The summed E-state index contributed by atoms with van der Waals surface area (Å²) in [5, 5.41) is 9.37. The highest BCUT2D eigenvalue weighted by atomic mass is 19.4. The van der Waals surface area contributed by atoms with Crippen molar-refractivity contribution < 1.29 is 84.5 Å². The first kappa shape index (κ1) is 31.2. The van der Waals surface area contributed by atoms with Crippen LogP contribution in [0, 0.1) is 0 Å². The first-order valence-electron chi connectivity index (χ1n) is 7.59. The van der Waals surface area contributed by atoms with Crippen LogP contribution in [0.2, 0.25) is 0 Å². The molecule has 0 aliphatic carbocycles. The Labute approximate surface area is 170 Å². The quantitative estimate of drug-likeness (QED) is 0.414. The van der Waals surface area contributed by atoms with Gasteiger partial charge in [-0.05, 0) is 13.8 Å². The van der Waals surface area contributed by atoms with Gasteiger partial charge in [0.2, 0.25) is 0 Å². The van der Waals surface area contributed by atoms with Gasteiger partial charge in [-0.3, -0.25) is 4.79 Å². The maximum atomic E-state index is 13.6. The number of carbonyl (C=O) groups excluding carboxylic acids is 1. The van der Waals surface area contributed by atoms with Gasteiger partial charge in [-0.1, -0.05) is 0 Å². The molecule has 33 heavy (non-hydrogen) atoms. The molecule has 0 rings (SSSR count). The van der Waals surface area contributed by atoms with Crippen LogP contribution in [-0.2, 0) is 4.79 Å². The second kappa shape index (κ2) is 7.89. The Morgan fingerprint density at radius 1 is 0.576 bits per heavy atom. The van der Waals surface area contributed by atoms with Gasteiger partial charge in [-0.2, -0.15) is 74.6 Å². The molecule has 1 amide bonds. The van der Waals surface area contributed by atoms with Gasteiger partial charge in [0.15, 0.2) is 0 Å². The number of halogens is 17. The number of aliphatic hydroxyl groups is 1. The third-order valence-electron chi connectivity index (χ3n) is 3.85. The fraction of sp³-hybridized carbons (Fsp3) is 0.923. The zero-order chi connectivity index (χ0) is 27.5. The van der Waals surface area contributed by atoms with E-state index in [0.29, 0.717) is 19.2 Å². The van der Waals surface area contributed by atoms with Crippen molar-refractivity contribution in [3.63, 3.8) is 0 Å². The van der Waals surface area contributed by atoms with Gasteiger partial charge in [-0.15, -0.1) is 0 Å². The first-order valence-corrected chi connectivity index (χ1v) is 7.59. The number of alkyl halides is 17. The van der Waals surface area contributed by atoms with Crippen molar-refractivity contribution in [2.24, 2.45) is 0 Å². The summed E-state index contributed by atoms with van der Waals surface area (Å²) in [5.41, 5.74) is -2.39.